The number of nitrogens with one attached hydrogen (secondary N) is 1. The van der Waals surface area contributed by atoms with Crippen LogP contribution in [0.4, 0.5) is 0 Å². The third-order valence-electron chi connectivity index (χ3n) is 2.81. The molecule has 0 unspecified atom stereocenters. The van der Waals surface area contributed by atoms with Crippen LogP contribution in [0.1, 0.15) is 0 Å². The van der Waals surface area contributed by atoms with E-state index in [2.05, 4.69) is 10.2 Å². The van der Waals surface area contributed by atoms with Crippen LogP contribution in [-0.4, -0.2) is 24.1 Å². The number of benzene rings is 1. The van der Waals surface area contributed by atoms with Crippen LogP contribution in [0.2, 0.25) is 0 Å². The van der Waals surface area contributed by atoms with E-state index >= 15 is 0 Å². The molecule has 2 aromatic heterocycles. The summed E-state index contributed by atoms with van der Waals surface area (Å²) in [4.78, 5) is 13.0. The molecule has 3 aromatic rings. The maximum atomic E-state index is 12.1. The van der Waals surface area contributed by atoms with Crippen LogP contribution in [0.5, 0.6) is 5.75 Å². The smallest absolute Gasteiger partial charge is 0.188 e. The van der Waals surface area contributed by atoms with E-state index in [-0.39, 0.29) is 12.2 Å². The Hall–Kier alpha value is -2.18. The van der Waals surface area contributed by atoms with Crippen molar-refractivity contribution in [1.82, 2.24) is 10.2 Å². The molecule has 0 spiro atoms. The van der Waals surface area contributed by atoms with Crippen molar-refractivity contribution in [2.45, 2.75) is 0 Å². The standard InChI is InChI=1S/C14H12N2O3S/c1-18-8-19-9-2-3-10-12(17)7-14(20-13(10)6-9)11-4-5-15-16-11/h2-7H,8H2,1H3,(H,15,16). The number of aromatic nitrogens is 2. The molecule has 0 bridgehead atoms. The quantitative estimate of drug-likeness (QED) is 0.750. The SMILES string of the molecule is COCOc1ccc2c(=O)cc(-c3ccn[nH]3)sc2c1. The lowest BCUT2D eigenvalue weighted by Gasteiger charge is -2.06. The van der Waals surface area contributed by atoms with Gasteiger partial charge in [0.2, 0.25) is 0 Å². The summed E-state index contributed by atoms with van der Waals surface area (Å²) in [5.74, 6) is 0.678. The van der Waals surface area contributed by atoms with Gasteiger partial charge < -0.3 is 9.47 Å². The van der Waals surface area contributed by atoms with Gasteiger partial charge in [-0.1, -0.05) is 0 Å². The van der Waals surface area contributed by atoms with Gasteiger partial charge in [0.25, 0.3) is 0 Å². The fraction of sp³-hybridized carbons (Fsp3) is 0.143. The lowest BCUT2D eigenvalue weighted by molar-refractivity contribution is 0.0512. The molecule has 102 valence electrons. The summed E-state index contributed by atoms with van der Waals surface area (Å²) >= 11 is 1.51. The van der Waals surface area contributed by atoms with Crippen LogP contribution in [0.15, 0.2) is 41.3 Å². The minimum absolute atomic E-state index is 0.0124. The highest BCUT2D eigenvalue weighted by atomic mass is 32.1. The third-order valence-corrected chi connectivity index (χ3v) is 3.93. The predicted octanol–water partition coefficient (Wildman–Crippen LogP) is 2.63. The lowest BCUT2D eigenvalue weighted by Crippen LogP contribution is -2.01. The first-order chi connectivity index (χ1) is 9.78. The second-order valence-corrected chi connectivity index (χ2v) is 5.24. The Labute approximate surface area is 118 Å². The number of H-pyrrole nitrogens is 1. The zero-order valence-electron chi connectivity index (χ0n) is 10.8. The van der Waals surface area contributed by atoms with E-state index in [4.69, 9.17) is 9.47 Å². The molecule has 0 radical (unpaired) electrons. The summed E-state index contributed by atoms with van der Waals surface area (Å²) in [5.41, 5.74) is 0.818. The molecule has 1 N–H and O–H groups in total. The fourth-order valence-corrected chi connectivity index (χ4v) is 2.96. The first kappa shape index (κ1) is 12.8. The van der Waals surface area contributed by atoms with E-state index < -0.39 is 0 Å². The Balaban J connectivity index is 2.10. The van der Waals surface area contributed by atoms with E-state index in [1.807, 2.05) is 12.1 Å². The fourth-order valence-electron chi connectivity index (χ4n) is 1.88. The van der Waals surface area contributed by atoms with E-state index in [0.29, 0.717) is 11.1 Å². The van der Waals surface area contributed by atoms with Gasteiger partial charge in [0, 0.05) is 29.5 Å². The van der Waals surface area contributed by atoms with Crippen molar-refractivity contribution < 1.29 is 9.47 Å². The number of ether oxygens (including phenoxy) is 2. The average Bonchev–Trinajstić information content (AvgIpc) is 2.99. The molecule has 5 nitrogen and oxygen atoms in total. The summed E-state index contributed by atoms with van der Waals surface area (Å²) in [7, 11) is 1.57. The van der Waals surface area contributed by atoms with Crippen LogP contribution in [0.3, 0.4) is 0 Å². The Morgan fingerprint density at radius 3 is 2.95 bits per heavy atom. The Kier molecular flexibility index (Phi) is 3.49. The number of hydrogen-bond acceptors (Lipinski definition) is 5. The largest absolute Gasteiger partial charge is 0.468 e. The van der Waals surface area contributed by atoms with Crippen molar-refractivity contribution >= 4 is 21.4 Å². The molecule has 0 aliphatic heterocycles. The van der Waals surface area contributed by atoms with Gasteiger partial charge in [0.15, 0.2) is 12.2 Å². The molecule has 0 aliphatic carbocycles. The van der Waals surface area contributed by atoms with Crippen LogP contribution < -0.4 is 10.2 Å². The second kappa shape index (κ2) is 5.44. The highest BCUT2D eigenvalue weighted by molar-refractivity contribution is 7.21. The van der Waals surface area contributed by atoms with Crippen molar-refractivity contribution in [3.63, 3.8) is 0 Å². The Morgan fingerprint density at radius 1 is 1.30 bits per heavy atom. The Morgan fingerprint density at radius 2 is 2.20 bits per heavy atom. The predicted molar refractivity (Wildman–Crippen MR) is 78.2 cm³/mol. The van der Waals surface area contributed by atoms with Crippen molar-refractivity contribution in [3.8, 4) is 16.3 Å². The first-order valence-electron chi connectivity index (χ1n) is 5.97. The molecular formula is C14H12N2O3S. The van der Waals surface area contributed by atoms with Gasteiger partial charge >= 0.3 is 0 Å². The number of nitrogens with zero attached hydrogens (tertiary/aromatic N) is 1. The van der Waals surface area contributed by atoms with E-state index in [1.165, 1.54) is 11.3 Å². The summed E-state index contributed by atoms with van der Waals surface area (Å²) in [6, 6.07) is 8.85. The van der Waals surface area contributed by atoms with Gasteiger partial charge in [0.1, 0.15) is 5.75 Å². The molecule has 0 aliphatic rings. The summed E-state index contributed by atoms with van der Waals surface area (Å²) in [6.07, 6.45) is 1.66. The number of rotatable bonds is 4. The molecule has 2 heterocycles. The van der Waals surface area contributed by atoms with Crippen molar-refractivity contribution in [1.29, 1.82) is 0 Å². The average molecular weight is 288 g/mol. The normalized spacial score (nSPS) is 10.8. The van der Waals surface area contributed by atoms with Crippen molar-refractivity contribution in [3.05, 3.63) is 46.8 Å². The molecule has 6 heteroatoms. The molecule has 0 saturated heterocycles. The van der Waals surface area contributed by atoms with Crippen LogP contribution in [0, 0.1) is 0 Å². The van der Waals surface area contributed by atoms with Crippen molar-refractivity contribution in [2.24, 2.45) is 0 Å². The minimum atomic E-state index is -0.0124. The monoisotopic (exact) mass is 288 g/mol. The molecule has 0 saturated carbocycles. The second-order valence-electron chi connectivity index (χ2n) is 4.15. The number of aromatic amines is 1. The van der Waals surface area contributed by atoms with Gasteiger partial charge in [-0.2, -0.15) is 5.10 Å². The van der Waals surface area contributed by atoms with Gasteiger partial charge in [0.05, 0.1) is 10.6 Å². The third kappa shape index (κ3) is 2.43. The zero-order valence-corrected chi connectivity index (χ0v) is 11.6. The summed E-state index contributed by atoms with van der Waals surface area (Å²) < 4.78 is 11.1. The van der Waals surface area contributed by atoms with E-state index in [0.717, 1.165) is 15.3 Å². The Bertz CT molecular complexity index is 781. The van der Waals surface area contributed by atoms with E-state index in [1.54, 1.807) is 31.5 Å². The summed E-state index contributed by atoms with van der Waals surface area (Å²) in [5, 5.41) is 7.45. The topological polar surface area (TPSA) is 64.2 Å². The molecule has 1 aromatic carbocycles. The van der Waals surface area contributed by atoms with Gasteiger partial charge in [-0.15, -0.1) is 11.3 Å². The zero-order chi connectivity index (χ0) is 13.9. The van der Waals surface area contributed by atoms with Crippen molar-refractivity contribution in [2.75, 3.05) is 13.9 Å². The molecule has 3 rings (SSSR count). The van der Waals surface area contributed by atoms with Crippen LogP contribution in [0.25, 0.3) is 20.7 Å². The molecule has 0 fully saturated rings. The minimum Gasteiger partial charge on any atom is -0.468 e. The van der Waals surface area contributed by atoms with Gasteiger partial charge in [-0.3, -0.25) is 9.89 Å². The highest BCUT2D eigenvalue weighted by Gasteiger charge is 2.07. The number of fused-ring (bicyclic) bond motifs is 1. The van der Waals surface area contributed by atoms with Gasteiger partial charge in [-0.25, -0.2) is 0 Å². The first-order valence-corrected chi connectivity index (χ1v) is 6.79. The number of methoxy groups -OCH3 is 1. The molecular weight excluding hydrogens is 276 g/mol. The van der Waals surface area contributed by atoms with Gasteiger partial charge in [-0.05, 0) is 24.3 Å². The maximum absolute atomic E-state index is 12.1. The van der Waals surface area contributed by atoms with Crippen LogP contribution in [-0.2, 0) is 4.74 Å². The molecule has 0 amide bonds. The lowest BCUT2D eigenvalue weighted by atomic mass is 10.2. The van der Waals surface area contributed by atoms with E-state index in [9.17, 15) is 4.79 Å². The summed E-state index contributed by atoms with van der Waals surface area (Å²) in [6.45, 7) is 0.181. The van der Waals surface area contributed by atoms with Crippen LogP contribution >= 0.6 is 11.3 Å². The maximum Gasteiger partial charge on any atom is 0.188 e. The molecule has 20 heavy (non-hydrogen) atoms. The highest BCUT2D eigenvalue weighted by Crippen LogP contribution is 2.28. The number of hydrogen-bond donors (Lipinski definition) is 1. The molecule has 0 atom stereocenters.